The predicted octanol–water partition coefficient (Wildman–Crippen LogP) is 4.80. The SMILES string of the molecule is C=C(c1cccc(C(=O)OC)c1)c1nc2cc(Cl)ccc2s1. The second-order valence-electron chi connectivity index (χ2n) is 4.68. The Hall–Kier alpha value is -2.17. The van der Waals surface area contributed by atoms with Crippen LogP contribution in [0.15, 0.2) is 49.0 Å². The lowest BCUT2D eigenvalue weighted by atomic mass is 10.1. The van der Waals surface area contributed by atoms with Crippen molar-refractivity contribution in [3.8, 4) is 0 Å². The summed E-state index contributed by atoms with van der Waals surface area (Å²) >= 11 is 7.53. The Morgan fingerprint density at radius 1 is 1.23 bits per heavy atom. The minimum Gasteiger partial charge on any atom is -0.465 e. The fraction of sp³-hybridized carbons (Fsp3) is 0.0588. The van der Waals surface area contributed by atoms with Gasteiger partial charge >= 0.3 is 5.97 Å². The Morgan fingerprint density at radius 3 is 2.77 bits per heavy atom. The third-order valence-electron chi connectivity index (χ3n) is 3.24. The molecule has 22 heavy (non-hydrogen) atoms. The topological polar surface area (TPSA) is 39.2 Å². The molecule has 0 fully saturated rings. The van der Waals surface area contributed by atoms with E-state index in [1.165, 1.54) is 7.11 Å². The summed E-state index contributed by atoms with van der Waals surface area (Å²) in [6.07, 6.45) is 0. The molecule has 3 rings (SSSR count). The summed E-state index contributed by atoms with van der Waals surface area (Å²) in [7, 11) is 1.36. The molecule has 1 aromatic heterocycles. The number of esters is 1. The lowest BCUT2D eigenvalue weighted by molar-refractivity contribution is 0.0600. The highest BCUT2D eigenvalue weighted by Crippen LogP contribution is 2.31. The van der Waals surface area contributed by atoms with Gasteiger partial charge in [0, 0.05) is 10.6 Å². The first kappa shape index (κ1) is 14.8. The van der Waals surface area contributed by atoms with E-state index in [4.69, 9.17) is 16.3 Å². The highest BCUT2D eigenvalue weighted by Gasteiger charge is 2.12. The van der Waals surface area contributed by atoms with Crippen LogP contribution in [0.2, 0.25) is 5.02 Å². The van der Waals surface area contributed by atoms with Gasteiger partial charge in [-0.15, -0.1) is 11.3 Å². The molecule has 0 N–H and O–H groups in total. The average molecular weight is 330 g/mol. The van der Waals surface area contributed by atoms with Crippen molar-refractivity contribution in [1.82, 2.24) is 4.98 Å². The van der Waals surface area contributed by atoms with Gasteiger partial charge in [0.2, 0.25) is 0 Å². The van der Waals surface area contributed by atoms with Crippen LogP contribution in [0.25, 0.3) is 15.8 Å². The van der Waals surface area contributed by atoms with Crippen molar-refractivity contribution in [2.45, 2.75) is 0 Å². The number of carbonyl (C=O) groups is 1. The van der Waals surface area contributed by atoms with E-state index in [1.54, 1.807) is 29.5 Å². The van der Waals surface area contributed by atoms with Gasteiger partial charge in [0.25, 0.3) is 0 Å². The van der Waals surface area contributed by atoms with Gasteiger partial charge in [-0.2, -0.15) is 0 Å². The largest absolute Gasteiger partial charge is 0.465 e. The Bertz CT molecular complexity index is 885. The molecule has 0 aliphatic carbocycles. The van der Waals surface area contributed by atoms with Crippen molar-refractivity contribution >= 4 is 44.7 Å². The number of aromatic nitrogens is 1. The molecule has 0 saturated heterocycles. The summed E-state index contributed by atoms with van der Waals surface area (Å²) < 4.78 is 5.79. The molecule has 0 atom stereocenters. The third-order valence-corrected chi connectivity index (χ3v) is 4.57. The molecule has 0 aliphatic rings. The van der Waals surface area contributed by atoms with Crippen molar-refractivity contribution in [3.63, 3.8) is 0 Å². The van der Waals surface area contributed by atoms with E-state index in [2.05, 4.69) is 11.6 Å². The normalized spacial score (nSPS) is 10.6. The molecular weight excluding hydrogens is 318 g/mol. The van der Waals surface area contributed by atoms with E-state index in [9.17, 15) is 4.79 Å². The number of fused-ring (bicyclic) bond motifs is 1. The number of hydrogen-bond acceptors (Lipinski definition) is 4. The van der Waals surface area contributed by atoms with Crippen molar-refractivity contribution in [2.75, 3.05) is 7.11 Å². The van der Waals surface area contributed by atoms with Crippen molar-refractivity contribution in [2.24, 2.45) is 0 Å². The van der Waals surface area contributed by atoms with E-state index in [0.717, 1.165) is 26.4 Å². The number of halogens is 1. The maximum atomic E-state index is 11.6. The molecule has 0 spiro atoms. The second kappa shape index (κ2) is 5.91. The summed E-state index contributed by atoms with van der Waals surface area (Å²) in [6.45, 7) is 4.10. The smallest absolute Gasteiger partial charge is 0.337 e. The van der Waals surface area contributed by atoms with Gasteiger partial charge in [-0.05, 0) is 35.9 Å². The highest BCUT2D eigenvalue weighted by atomic mass is 35.5. The van der Waals surface area contributed by atoms with E-state index in [0.29, 0.717) is 10.6 Å². The first-order chi connectivity index (χ1) is 10.6. The van der Waals surface area contributed by atoms with Gasteiger partial charge in [0.15, 0.2) is 0 Å². The van der Waals surface area contributed by atoms with E-state index >= 15 is 0 Å². The fourth-order valence-corrected chi connectivity index (χ4v) is 3.21. The van der Waals surface area contributed by atoms with Crippen molar-refractivity contribution in [1.29, 1.82) is 0 Å². The molecule has 0 radical (unpaired) electrons. The molecule has 110 valence electrons. The van der Waals surface area contributed by atoms with Gasteiger partial charge < -0.3 is 4.74 Å². The van der Waals surface area contributed by atoms with Crippen LogP contribution >= 0.6 is 22.9 Å². The zero-order valence-corrected chi connectivity index (χ0v) is 13.4. The molecule has 0 saturated carbocycles. The maximum absolute atomic E-state index is 11.6. The van der Waals surface area contributed by atoms with E-state index in [-0.39, 0.29) is 5.97 Å². The Morgan fingerprint density at radius 2 is 2.00 bits per heavy atom. The molecule has 1 heterocycles. The van der Waals surface area contributed by atoms with Crippen LogP contribution in [0, 0.1) is 0 Å². The second-order valence-corrected chi connectivity index (χ2v) is 6.15. The molecule has 5 heteroatoms. The van der Waals surface area contributed by atoms with E-state index < -0.39 is 0 Å². The minimum absolute atomic E-state index is 0.370. The zero-order valence-electron chi connectivity index (χ0n) is 11.8. The Labute approximate surface area is 136 Å². The lowest BCUT2D eigenvalue weighted by Crippen LogP contribution is -2.01. The third kappa shape index (κ3) is 2.75. The molecule has 0 unspecified atom stereocenters. The summed E-state index contributed by atoms with van der Waals surface area (Å²) in [6, 6.07) is 12.8. The molecule has 2 aromatic carbocycles. The standard InChI is InChI=1S/C17H12ClNO2S/c1-10(11-4-3-5-12(8-11)17(20)21-2)16-19-14-9-13(18)6-7-15(14)22-16/h3-9H,1H2,2H3. The average Bonchev–Trinajstić information content (AvgIpc) is 2.96. The number of benzene rings is 2. The Kier molecular flexibility index (Phi) is 3.96. The number of hydrogen-bond donors (Lipinski definition) is 0. The molecule has 0 amide bonds. The lowest BCUT2D eigenvalue weighted by Gasteiger charge is -2.04. The van der Waals surface area contributed by atoms with Crippen LogP contribution in [0.4, 0.5) is 0 Å². The summed E-state index contributed by atoms with van der Waals surface area (Å²) in [5.74, 6) is -0.370. The molecule has 3 aromatic rings. The monoisotopic (exact) mass is 329 g/mol. The van der Waals surface area contributed by atoms with Crippen LogP contribution in [0.5, 0.6) is 0 Å². The summed E-state index contributed by atoms with van der Waals surface area (Å²) in [4.78, 5) is 16.2. The summed E-state index contributed by atoms with van der Waals surface area (Å²) in [5.41, 5.74) is 2.94. The van der Waals surface area contributed by atoms with Gasteiger partial charge in [-0.25, -0.2) is 9.78 Å². The van der Waals surface area contributed by atoms with Crippen molar-refractivity contribution in [3.05, 3.63) is 70.2 Å². The fourth-order valence-electron chi connectivity index (χ4n) is 2.10. The Balaban J connectivity index is 2.00. The number of methoxy groups -OCH3 is 1. The predicted molar refractivity (Wildman–Crippen MR) is 90.5 cm³/mol. The van der Waals surface area contributed by atoms with Crippen LogP contribution in [-0.2, 0) is 4.74 Å². The zero-order chi connectivity index (χ0) is 15.7. The van der Waals surface area contributed by atoms with Gasteiger partial charge in [-0.1, -0.05) is 30.3 Å². The first-order valence-electron chi connectivity index (χ1n) is 6.52. The number of thiazole rings is 1. The number of carbonyl (C=O) groups excluding carboxylic acids is 1. The molecule has 3 nitrogen and oxygen atoms in total. The minimum atomic E-state index is -0.370. The van der Waals surface area contributed by atoms with Crippen molar-refractivity contribution < 1.29 is 9.53 Å². The first-order valence-corrected chi connectivity index (χ1v) is 7.72. The number of ether oxygens (including phenoxy) is 1. The molecule has 0 bridgehead atoms. The summed E-state index contributed by atoms with van der Waals surface area (Å²) in [5, 5.41) is 1.46. The maximum Gasteiger partial charge on any atom is 0.337 e. The van der Waals surface area contributed by atoms with Crippen LogP contribution in [0.1, 0.15) is 20.9 Å². The van der Waals surface area contributed by atoms with E-state index in [1.807, 2.05) is 24.3 Å². The molecule has 0 aliphatic heterocycles. The number of rotatable bonds is 3. The quantitative estimate of drug-likeness (QED) is 0.648. The van der Waals surface area contributed by atoms with Crippen LogP contribution < -0.4 is 0 Å². The molecular formula is C17H12ClNO2S. The van der Waals surface area contributed by atoms with Gasteiger partial charge in [-0.3, -0.25) is 0 Å². The van der Waals surface area contributed by atoms with Gasteiger partial charge in [0.05, 0.1) is 22.9 Å². The van der Waals surface area contributed by atoms with Crippen LogP contribution in [-0.4, -0.2) is 18.1 Å². The van der Waals surface area contributed by atoms with Gasteiger partial charge in [0.1, 0.15) is 5.01 Å². The van der Waals surface area contributed by atoms with Crippen LogP contribution in [0.3, 0.4) is 0 Å². The highest BCUT2D eigenvalue weighted by molar-refractivity contribution is 7.19. The number of nitrogens with zero attached hydrogens (tertiary/aromatic N) is 1.